The van der Waals surface area contributed by atoms with Gasteiger partial charge in [-0.25, -0.2) is 9.07 Å². The molecule has 3 aromatic carbocycles. The maximum Gasteiger partial charge on any atom is 0.252 e. The van der Waals surface area contributed by atoms with Gasteiger partial charge in [0.25, 0.3) is 5.56 Å². The number of H-pyrrole nitrogens is 1. The van der Waals surface area contributed by atoms with Crippen LogP contribution in [0.5, 0.6) is 0 Å². The molecule has 0 bridgehead atoms. The van der Waals surface area contributed by atoms with E-state index in [9.17, 15) is 9.18 Å². The van der Waals surface area contributed by atoms with Gasteiger partial charge in [0.05, 0.1) is 18.1 Å². The van der Waals surface area contributed by atoms with Crippen LogP contribution < -0.4 is 5.56 Å². The van der Waals surface area contributed by atoms with E-state index in [1.54, 1.807) is 16.8 Å². The van der Waals surface area contributed by atoms with Gasteiger partial charge in [0.15, 0.2) is 5.82 Å². The molecule has 0 unspecified atom stereocenters. The molecule has 1 atom stereocenters. The largest absolute Gasteiger partial charge is 0.321 e. The van der Waals surface area contributed by atoms with Crippen molar-refractivity contribution in [1.82, 2.24) is 30.1 Å². The molecule has 0 saturated carbocycles. The fourth-order valence-corrected chi connectivity index (χ4v) is 5.19. The SMILES string of the molecule is CC[C@@H](c1nnnn1Cc1ccc(F)cc1)N(CCc1ccccc1C)Cc1cc2cccc(C)c2[nH]c1=O. The molecule has 5 aromatic rings. The molecule has 200 valence electrons. The molecule has 0 aliphatic heterocycles. The predicted octanol–water partition coefficient (Wildman–Crippen LogP) is 5.51. The molecule has 0 fully saturated rings. The van der Waals surface area contributed by atoms with Crippen LogP contribution in [0.15, 0.2) is 77.6 Å². The summed E-state index contributed by atoms with van der Waals surface area (Å²) >= 11 is 0. The zero-order valence-electron chi connectivity index (χ0n) is 22.6. The Hall–Kier alpha value is -4.17. The molecule has 0 aliphatic rings. The lowest BCUT2D eigenvalue weighted by atomic mass is 10.0. The van der Waals surface area contributed by atoms with Crippen LogP contribution in [0.4, 0.5) is 4.39 Å². The van der Waals surface area contributed by atoms with Crippen molar-refractivity contribution in [1.29, 1.82) is 0 Å². The Labute approximate surface area is 227 Å². The third kappa shape index (κ3) is 5.96. The van der Waals surface area contributed by atoms with Crippen molar-refractivity contribution in [3.63, 3.8) is 0 Å². The highest BCUT2D eigenvalue weighted by molar-refractivity contribution is 5.81. The Balaban J connectivity index is 1.49. The standard InChI is InChI=1S/C31H33FN6O/c1-4-28(30-34-35-36-38(30)19-23-12-14-27(32)15-13-23)37(17-16-24-10-6-5-8-21(24)2)20-26-18-25-11-7-9-22(3)29(25)33-31(26)39/h5-15,18,28H,4,16-17,19-20H2,1-3H3,(H,33,39)/t28-/m0/s1. The lowest BCUT2D eigenvalue weighted by Crippen LogP contribution is -2.34. The number of aromatic amines is 1. The summed E-state index contributed by atoms with van der Waals surface area (Å²) in [4.78, 5) is 18.6. The van der Waals surface area contributed by atoms with Crippen molar-refractivity contribution in [3.8, 4) is 0 Å². The number of fused-ring (bicyclic) bond motifs is 1. The Kier molecular flexibility index (Phi) is 7.93. The highest BCUT2D eigenvalue weighted by Gasteiger charge is 2.26. The van der Waals surface area contributed by atoms with Crippen LogP contribution in [-0.2, 0) is 19.5 Å². The first-order chi connectivity index (χ1) is 18.9. The number of rotatable bonds is 10. The Morgan fingerprint density at radius 3 is 2.51 bits per heavy atom. The zero-order chi connectivity index (χ0) is 27.4. The van der Waals surface area contributed by atoms with Gasteiger partial charge in [-0.3, -0.25) is 9.69 Å². The molecule has 7 nitrogen and oxygen atoms in total. The Morgan fingerprint density at radius 2 is 1.74 bits per heavy atom. The summed E-state index contributed by atoms with van der Waals surface area (Å²) in [5.74, 6) is 0.444. The van der Waals surface area contributed by atoms with E-state index in [2.05, 4.69) is 57.5 Å². The molecule has 1 N–H and O–H groups in total. The number of hydrogen-bond acceptors (Lipinski definition) is 5. The van der Waals surface area contributed by atoms with E-state index in [1.165, 1.54) is 23.3 Å². The first kappa shape index (κ1) is 26.4. The maximum absolute atomic E-state index is 13.5. The summed E-state index contributed by atoms with van der Waals surface area (Å²) in [5, 5.41) is 13.7. The Morgan fingerprint density at radius 1 is 0.974 bits per heavy atom. The van der Waals surface area contributed by atoms with E-state index in [1.807, 2.05) is 37.3 Å². The first-order valence-electron chi connectivity index (χ1n) is 13.3. The van der Waals surface area contributed by atoms with Crippen molar-refractivity contribution < 1.29 is 4.39 Å². The van der Waals surface area contributed by atoms with Gasteiger partial charge in [0.2, 0.25) is 0 Å². The second-order valence-electron chi connectivity index (χ2n) is 10.1. The van der Waals surface area contributed by atoms with Crippen molar-refractivity contribution >= 4 is 10.9 Å². The highest BCUT2D eigenvalue weighted by Crippen LogP contribution is 2.26. The number of hydrogen-bond donors (Lipinski definition) is 1. The maximum atomic E-state index is 13.5. The highest BCUT2D eigenvalue weighted by atomic mass is 19.1. The minimum Gasteiger partial charge on any atom is -0.321 e. The number of nitrogens with one attached hydrogen (secondary N) is 1. The topological polar surface area (TPSA) is 79.7 Å². The molecule has 39 heavy (non-hydrogen) atoms. The van der Waals surface area contributed by atoms with Crippen LogP contribution in [0.3, 0.4) is 0 Å². The number of tetrazole rings is 1. The van der Waals surface area contributed by atoms with Gasteiger partial charge in [-0.1, -0.05) is 61.5 Å². The molecule has 0 spiro atoms. The molecule has 0 radical (unpaired) electrons. The summed E-state index contributed by atoms with van der Waals surface area (Å²) in [6.07, 6.45) is 1.58. The van der Waals surface area contributed by atoms with E-state index in [4.69, 9.17) is 0 Å². The van der Waals surface area contributed by atoms with Crippen LogP contribution in [-0.4, -0.2) is 36.6 Å². The van der Waals surface area contributed by atoms with Crippen LogP contribution in [0.2, 0.25) is 0 Å². The van der Waals surface area contributed by atoms with Gasteiger partial charge in [0, 0.05) is 18.7 Å². The van der Waals surface area contributed by atoms with Crippen molar-refractivity contribution in [2.45, 2.75) is 52.7 Å². The number of pyridine rings is 1. The average molecular weight is 525 g/mol. The third-order valence-electron chi connectivity index (χ3n) is 7.40. The fourth-order valence-electron chi connectivity index (χ4n) is 5.19. The second kappa shape index (κ2) is 11.7. The average Bonchev–Trinajstić information content (AvgIpc) is 3.38. The molecule has 2 heterocycles. The number of para-hydroxylation sites is 1. The van der Waals surface area contributed by atoms with Gasteiger partial charge >= 0.3 is 0 Å². The number of nitrogens with zero attached hydrogens (tertiary/aromatic N) is 5. The molecule has 0 amide bonds. The molecular formula is C31H33FN6O. The summed E-state index contributed by atoms with van der Waals surface area (Å²) < 4.78 is 15.2. The lowest BCUT2D eigenvalue weighted by Gasteiger charge is -2.30. The number of aromatic nitrogens is 5. The minimum absolute atomic E-state index is 0.0848. The van der Waals surface area contributed by atoms with E-state index in [0.29, 0.717) is 18.7 Å². The van der Waals surface area contributed by atoms with Crippen LogP contribution in [0.25, 0.3) is 10.9 Å². The van der Waals surface area contributed by atoms with Gasteiger partial charge in [0.1, 0.15) is 5.82 Å². The van der Waals surface area contributed by atoms with E-state index >= 15 is 0 Å². The summed E-state index contributed by atoms with van der Waals surface area (Å²) in [6, 6.07) is 22.7. The molecule has 0 aliphatic carbocycles. The number of benzene rings is 3. The monoisotopic (exact) mass is 524 g/mol. The normalized spacial score (nSPS) is 12.3. The first-order valence-corrected chi connectivity index (χ1v) is 13.3. The van der Waals surface area contributed by atoms with Crippen molar-refractivity contribution in [2.75, 3.05) is 6.54 Å². The third-order valence-corrected chi connectivity index (χ3v) is 7.40. The van der Waals surface area contributed by atoms with Crippen LogP contribution in [0.1, 0.15) is 53.0 Å². The number of aryl methyl sites for hydroxylation is 2. The molecule has 5 rings (SSSR count). The summed E-state index contributed by atoms with van der Waals surface area (Å²) in [5.41, 5.74) is 5.95. The van der Waals surface area contributed by atoms with Crippen molar-refractivity contribution in [2.24, 2.45) is 0 Å². The number of halogens is 1. The lowest BCUT2D eigenvalue weighted by molar-refractivity contribution is 0.172. The molecule has 2 aromatic heterocycles. The zero-order valence-corrected chi connectivity index (χ0v) is 22.6. The van der Waals surface area contributed by atoms with Gasteiger partial charge in [-0.15, -0.1) is 5.10 Å². The van der Waals surface area contributed by atoms with Gasteiger partial charge < -0.3 is 4.98 Å². The summed E-state index contributed by atoms with van der Waals surface area (Å²) in [7, 11) is 0. The van der Waals surface area contributed by atoms with Gasteiger partial charge in [-0.05, 0) is 83.0 Å². The molecular weight excluding hydrogens is 491 g/mol. The smallest absolute Gasteiger partial charge is 0.252 e. The quantitative estimate of drug-likeness (QED) is 0.260. The van der Waals surface area contributed by atoms with Crippen LogP contribution >= 0.6 is 0 Å². The molecule has 0 saturated heterocycles. The minimum atomic E-state index is -0.277. The predicted molar refractivity (Wildman–Crippen MR) is 151 cm³/mol. The Bertz CT molecular complexity index is 1620. The van der Waals surface area contributed by atoms with Crippen molar-refractivity contribution in [3.05, 3.63) is 123 Å². The van der Waals surface area contributed by atoms with E-state index in [0.717, 1.165) is 47.2 Å². The molecule has 8 heteroatoms. The van der Waals surface area contributed by atoms with Crippen LogP contribution in [0, 0.1) is 19.7 Å². The van der Waals surface area contributed by atoms with Gasteiger partial charge in [-0.2, -0.15) is 0 Å². The summed E-state index contributed by atoms with van der Waals surface area (Å²) in [6.45, 7) is 7.83. The van der Waals surface area contributed by atoms with E-state index in [-0.39, 0.29) is 17.4 Å². The second-order valence-corrected chi connectivity index (χ2v) is 10.1. The fraction of sp³-hybridized carbons (Fsp3) is 0.290. The van der Waals surface area contributed by atoms with E-state index < -0.39 is 0 Å².